The van der Waals surface area contributed by atoms with Gasteiger partial charge in [-0.15, -0.1) is 0 Å². The first kappa shape index (κ1) is 16.1. The van der Waals surface area contributed by atoms with Crippen LogP contribution in [0.4, 0.5) is 0 Å². The number of ether oxygens (including phenoxy) is 2. The van der Waals surface area contributed by atoms with Gasteiger partial charge in [-0.05, 0) is 38.3 Å². The Balaban J connectivity index is 2.14. The summed E-state index contributed by atoms with van der Waals surface area (Å²) in [7, 11) is 0. The van der Waals surface area contributed by atoms with Crippen LogP contribution in [0.25, 0.3) is 0 Å². The molecule has 0 radical (unpaired) electrons. The second-order valence-electron chi connectivity index (χ2n) is 4.04. The van der Waals surface area contributed by atoms with Crippen molar-refractivity contribution in [1.29, 1.82) is 0 Å². The van der Waals surface area contributed by atoms with Crippen LogP contribution in [0.5, 0.6) is 5.75 Å². The minimum absolute atomic E-state index is 0.138. The molecule has 0 amide bonds. The van der Waals surface area contributed by atoms with Crippen molar-refractivity contribution in [3.63, 3.8) is 0 Å². The van der Waals surface area contributed by atoms with Crippen molar-refractivity contribution in [3.8, 4) is 5.75 Å². The molecule has 0 N–H and O–H groups in total. The highest BCUT2D eigenvalue weighted by atomic mass is 35.5. The van der Waals surface area contributed by atoms with E-state index in [0.29, 0.717) is 35.4 Å². The summed E-state index contributed by atoms with van der Waals surface area (Å²) >= 11 is 11.8. The highest BCUT2D eigenvalue weighted by Gasteiger charge is 2.03. The number of halogens is 2. The van der Waals surface area contributed by atoms with Gasteiger partial charge in [0, 0.05) is 17.5 Å². The van der Waals surface area contributed by atoms with Gasteiger partial charge in [0.15, 0.2) is 0 Å². The summed E-state index contributed by atoms with van der Waals surface area (Å²) in [4.78, 5) is 11.1. The van der Waals surface area contributed by atoms with E-state index in [4.69, 9.17) is 32.7 Å². The summed E-state index contributed by atoms with van der Waals surface area (Å²) in [5.74, 6) is 0.459. The van der Waals surface area contributed by atoms with Crippen molar-refractivity contribution in [2.75, 3.05) is 13.2 Å². The summed E-state index contributed by atoms with van der Waals surface area (Å²) in [6, 6.07) is 5.12. The lowest BCUT2D eigenvalue weighted by Gasteiger charge is -2.08. The van der Waals surface area contributed by atoms with Gasteiger partial charge in [-0.3, -0.25) is 4.79 Å². The first-order chi connectivity index (χ1) is 9.13. The van der Waals surface area contributed by atoms with Crippen molar-refractivity contribution in [1.82, 2.24) is 0 Å². The fourth-order valence-corrected chi connectivity index (χ4v) is 1.89. The van der Waals surface area contributed by atoms with E-state index in [9.17, 15) is 4.79 Å². The minimum Gasteiger partial charge on any atom is -0.492 e. The second kappa shape index (κ2) is 9.05. The zero-order chi connectivity index (χ0) is 14.1. The Labute approximate surface area is 123 Å². The number of hydrogen-bond acceptors (Lipinski definition) is 3. The molecule has 19 heavy (non-hydrogen) atoms. The average Bonchev–Trinajstić information content (AvgIpc) is 2.38. The molecule has 0 saturated carbocycles. The predicted octanol–water partition coefficient (Wildman–Crippen LogP) is 4.50. The molecule has 0 saturated heterocycles. The lowest BCUT2D eigenvalue weighted by molar-refractivity contribution is -0.143. The Morgan fingerprint density at radius 3 is 2.74 bits per heavy atom. The summed E-state index contributed by atoms with van der Waals surface area (Å²) < 4.78 is 10.4. The van der Waals surface area contributed by atoms with Gasteiger partial charge in [-0.1, -0.05) is 23.2 Å². The van der Waals surface area contributed by atoms with Crippen LogP contribution >= 0.6 is 23.2 Å². The van der Waals surface area contributed by atoms with Crippen molar-refractivity contribution in [2.24, 2.45) is 0 Å². The monoisotopic (exact) mass is 304 g/mol. The largest absolute Gasteiger partial charge is 0.492 e. The first-order valence-corrected chi connectivity index (χ1v) is 7.12. The van der Waals surface area contributed by atoms with Gasteiger partial charge >= 0.3 is 5.97 Å². The number of hydrogen-bond donors (Lipinski definition) is 0. The third kappa shape index (κ3) is 6.69. The molecule has 1 rings (SSSR count). The second-order valence-corrected chi connectivity index (χ2v) is 4.88. The normalized spacial score (nSPS) is 10.3. The molecule has 0 aliphatic heterocycles. The Bertz CT molecular complexity index is 408. The predicted molar refractivity (Wildman–Crippen MR) is 77.1 cm³/mol. The fourth-order valence-electron chi connectivity index (χ4n) is 1.55. The van der Waals surface area contributed by atoms with Crippen LogP contribution in [-0.2, 0) is 9.53 Å². The SMILES string of the molecule is CCOC(=O)CCCCCOc1cc(Cl)ccc1Cl. The average molecular weight is 305 g/mol. The smallest absolute Gasteiger partial charge is 0.305 e. The van der Waals surface area contributed by atoms with E-state index in [0.717, 1.165) is 19.3 Å². The van der Waals surface area contributed by atoms with Crippen molar-refractivity contribution in [2.45, 2.75) is 32.6 Å². The molecule has 0 heterocycles. The maximum absolute atomic E-state index is 11.1. The summed E-state index contributed by atoms with van der Waals surface area (Å²) in [6.07, 6.45) is 3.05. The van der Waals surface area contributed by atoms with Gasteiger partial charge in [0.1, 0.15) is 5.75 Å². The van der Waals surface area contributed by atoms with Crippen molar-refractivity contribution < 1.29 is 14.3 Å². The van der Waals surface area contributed by atoms with Crippen LogP contribution in [0.1, 0.15) is 32.6 Å². The molecule has 5 heteroatoms. The van der Waals surface area contributed by atoms with E-state index >= 15 is 0 Å². The van der Waals surface area contributed by atoms with Crippen LogP contribution < -0.4 is 4.74 Å². The highest BCUT2D eigenvalue weighted by molar-refractivity contribution is 6.34. The van der Waals surface area contributed by atoms with E-state index < -0.39 is 0 Å². The van der Waals surface area contributed by atoms with Gasteiger partial charge in [-0.2, -0.15) is 0 Å². The zero-order valence-corrected chi connectivity index (χ0v) is 12.5. The summed E-state index contributed by atoms with van der Waals surface area (Å²) in [5, 5.41) is 1.15. The van der Waals surface area contributed by atoms with Crippen molar-refractivity contribution >= 4 is 29.2 Å². The maximum atomic E-state index is 11.1. The summed E-state index contributed by atoms with van der Waals surface area (Å²) in [6.45, 7) is 2.80. The summed E-state index contributed by atoms with van der Waals surface area (Å²) in [5.41, 5.74) is 0. The Hall–Kier alpha value is -0.930. The molecule has 1 aromatic carbocycles. The number of benzene rings is 1. The Morgan fingerprint density at radius 2 is 2.00 bits per heavy atom. The quantitative estimate of drug-likeness (QED) is 0.524. The number of carbonyl (C=O) groups excluding carboxylic acids is 1. The Morgan fingerprint density at radius 1 is 1.21 bits per heavy atom. The lowest BCUT2D eigenvalue weighted by atomic mass is 10.2. The maximum Gasteiger partial charge on any atom is 0.305 e. The van der Waals surface area contributed by atoms with E-state index in [1.54, 1.807) is 25.1 Å². The topological polar surface area (TPSA) is 35.5 Å². The van der Waals surface area contributed by atoms with E-state index in [1.165, 1.54) is 0 Å². The van der Waals surface area contributed by atoms with E-state index in [-0.39, 0.29) is 5.97 Å². The number of carbonyl (C=O) groups is 1. The third-order valence-electron chi connectivity index (χ3n) is 2.48. The number of esters is 1. The van der Waals surface area contributed by atoms with Crippen LogP contribution in [0.15, 0.2) is 18.2 Å². The van der Waals surface area contributed by atoms with Crippen LogP contribution in [0, 0.1) is 0 Å². The molecule has 3 nitrogen and oxygen atoms in total. The molecule has 0 atom stereocenters. The van der Waals surface area contributed by atoms with Crippen LogP contribution in [-0.4, -0.2) is 19.2 Å². The van der Waals surface area contributed by atoms with Gasteiger partial charge < -0.3 is 9.47 Å². The number of rotatable bonds is 8. The molecule has 0 aliphatic carbocycles. The Kier molecular flexibility index (Phi) is 7.68. The van der Waals surface area contributed by atoms with Gasteiger partial charge in [0.2, 0.25) is 0 Å². The first-order valence-electron chi connectivity index (χ1n) is 6.37. The van der Waals surface area contributed by atoms with Gasteiger partial charge in [0.25, 0.3) is 0 Å². The molecule has 0 bridgehead atoms. The minimum atomic E-state index is -0.138. The molecule has 0 aliphatic rings. The number of unbranched alkanes of at least 4 members (excludes halogenated alkanes) is 2. The molecule has 0 aromatic heterocycles. The molecule has 0 unspecified atom stereocenters. The molecule has 106 valence electrons. The van der Waals surface area contributed by atoms with Crippen LogP contribution in [0.2, 0.25) is 10.0 Å². The van der Waals surface area contributed by atoms with Gasteiger partial charge in [0.05, 0.1) is 18.2 Å². The molecule has 0 fully saturated rings. The van der Waals surface area contributed by atoms with Crippen molar-refractivity contribution in [3.05, 3.63) is 28.2 Å². The molecule has 0 spiro atoms. The van der Waals surface area contributed by atoms with Crippen LogP contribution in [0.3, 0.4) is 0 Å². The van der Waals surface area contributed by atoms with Gasteiger partial charge in [-0.25, -0.2) is 0 Å². The third-order valence-corrected chi connectivity index (χ3v) is 3.03. The lowest BCUT2D eigenvalue weighted by Crippen LogP contribution is -2.04. The molecular formula is C14H18Cl2O3. The van der Waals surface area contributed by atoms with E-state index in [2.05, 4.69) is 0 Å². The highest BCUT2D eigenvalue weighted by Crippen LogP contribution is 2.27. The van der Waals surface area contributed by atoms with E-state index in [1.807, 2.05) is 0 Å². The zero-order valence-electron chi connectivity index (χ0n) is 11.0. The fraction of sp³-hybridized carbons (Fsp3) is 0.500. The molecular weight excluding hydrogens is 287 g/mol. The molecule has 1 aromatic rings. The standard InChI is InChI=1S/C14H18Cl2O3/c1-2-18-14(17)6-4-3-5-9-19-13-10-11(15)7-8-12(13)16/h7-8,10H,2-6,9H2,1H3.